The maximum absolute atomic E-state index is 13.2. The molecule has 0 bridgehead atoms. The molecule has 0 radical (unpaired) electrons. The number of amides is 1. The Bertz CT molecular complexity index is 797. The van der Waals surface area contributed by atoms with Gasteiger partial charge in [-0.1, -0.05) is 37.7 Å². The zero-order valence-electron chi connectivity index (χ0n) is 15.6. The fraction of sp³-hybridized carbons (Fsp3) is 0.450. The van der Waals surface area contributed by atoms with Crippen LogP contribution in [0.1, 0.15) is 67.6 Å². The fourth-order valence-electron chi connectivity index (χ4n) is 3.01. The van der Waals surface area contributed by atoms with Crippen molar-refractivity contribution in [1.29, 1.82) is 0 Å². The van der Waals surface area contributed by atoms with Crippen molar-refractivity contribution < 1.29 is 14.1 Å². The highest BCUT2D eigenvalue weighted by atomic mass is 16.5. The summed E-state index contributed by atoms with van der Waals surface area (Å²) in [5.74, 6) is 1.87. The lowest BCUT2D eigenvalue weighted by Crippen LogP contribution is -2.31. The van der Waals surface area contributed by atoms with Crippen LogP contribution in [0.3, 0.4) is 0 Å². The molecule has 1 aliphatic heterocycles. The van der Waals surface area contributed by atoms with Crippen LogP contribution in [0.25, 0.3) is 0 Å². The Morgan fingerprint density at radius 3 is 2.88 bits per heavy atom. The molecule has 1 aromatic carbocycles. The summed E-state index contributed by atoms with van der Waals surface area (Å²) in [7, 11) is 0. The molecule has 1 aliphatic rings. The highest BCUT2D eigenvalue weighted by molar-refractivity contribution is 5.97. The summed E-state index contributed by atoms with van der Waals surface area (Å²) >= 11 is 0. The molecular weight excluding hydrogens is 330 g/mol. The number of carbonyl (C=O) groups is 1. The molecule has 0 unspecified atom stereocenters. The van der Waals surface area contributed by atoms with Gasteiger partial charge in [-0.25, -0.2) is 0 Å². The summed E-state index contributed by atoms with van der Waals surface area (Å²) in [5.41, 5.74) is 1.45. The molecule has 2 aromatic rings. The summed E-state index contributed by atoms with van der Waals surface area (Å²) < 4.78 is 11.2. The number of rotatable bonds is 6. The average Bonchev–Trinajstić information content (AvgIpc) is 3.28. The van der Waals surface area contributed by atoms with Gasteiger partial charge in [-0.15, -0.1) is 0 Å². The number of hydrogen-bond acceptors (Lipinski definition) is 5. The van der Waals surface area contributed by atoms with Crippen LogP contribution in [0.15, 0.2) is 40.9 Å². The highest BCUT2D eigenvalue weighted by Crippen LogP contribution is 2.34. The van der Waals surface area contributed by atoms with Crippen LogP contribution in [0, 0.1) is 0 Å². The van der Waals surface area contributed by atoms with Crippen molar-refractivity contribution in [2.45, 2.75) is 45.6 Å². The molecular formula is C20H25N3O3. The molecule has 3 rings (SSSR count). The molecule has 1 fully saturated rings. The molecule has 26 heavy (non-hydrogen) atoms. The molecule has 6 heteroatoms. The van der Waals surface area contributed by atoms with E-state index in [2.05, 4.69) is 16.7 Å². The van der Waals surface area contributed by atoms with Crippen molar-refractivity contribution in [3.8, 4) is 5.75 Å². The minimum atomic E-state index is -0.184. The predicted octanol–water partition coefficient (Wildman–Crippen LogP) is 4.13. The smallest absolute Gasteiger partial charge is 0.258 e. The fourth-order valence-corrected chi connectivity index (χ4v) is 3.01. The van der Waals surface area contributed by atoms with E-state index in [9.17, 15) is 4.79 Å². The number of carbonyl (C=O) groups excluding carboxylic acids is 1. The molecule has 2 heterocycles. The van der Waals surface area contributed by atoms with Crippen LogP contribution >= 0.6 is 0 Å². The maximum atomic E-state index is 13.2. The van der Waals surface area contributed by atoms with E-state index in [1.807, 2.05) is 39.0 Å². The average molecular weight is 355 g/mol. The first-order valence-electron chi connectivity index (χ1n) is 8.98. The monoisotopic (exact) mass is 355 g/mol. The molecule has 0 saturated carbocycles. The minimum Gasteiger partial charge on any atom is -0.488 e. The number of hydrogen-bond donors (Lipinski definition) is 0. The van der Waals surface area contributed by atoms with Gasteiger partial charge in [-0.2, -0.15) is 4.98 Å². The number of nitrogens with zero attached hydrogens (tertiary/aromatic N) is 3. The Kier molecular flexibility index (Phi) is 5.40. The van der Waals surface area contributed by atoms with E-state index in [0.717, 1.165) is 18.4 Å². The van der Waals surface area contributed by atoms with E-state index >= 15 is 0 Å². The van der Waals surface area contributed by atoms with E-state index in [1.165, 1.54) is 0 Å². The molecule has 1 atom stereocenters. The van der Waals surface area contributed by atoms with Gasteiger partial charge < -0.3 is 14.2 Å². The van der Waals surface area contributed by atoms with E-state index in [4.69, 9.17) is 9.26 Å². The molecule has 0 aliphatic carbocycles. The standard InChI is InChI=1S/C20H25N3O3/c1-13(2)12-25-17-10-6-5-8-15(17)20(24)23-11-7-9-16(23)19-21-18(14(3)4)22-26-19/h5-6,8,10,14,16H,1,7,9,11-12H2,2-4H3/t16-/m0/s1. The minimum absolute atomic E-state index is 0.0749. The van der Waals surface area contributed by atoms with Gasteiger partial charge >= 0.3 is 0 Å². The second-order valence-electron chi connectivity index (χ2n) is 7.04. The van der Waals surface area contributed by atoms with Gasteiger partial charge in [0.15, 0.2) is 5.82 Å². The second kappa shape index (κ2) is 7.72. The molecule has 0 N–H and O–H groups in total. The summed E-state index contributed by atoms with van der Waals surface area (Å²) in [5, 5.41) is 4.03. The van der Waals surface area contributed by atoms with Gasteiger partial charge in [0, 0.05) is 12.5 Å². The van der Waals surface area contributed by atoms with E-state index in [1.54, 1.807) is 11.0 Å². The number of benzene rings is 1. The molecule has 1 saturated heterocycles. The van der Waals surface area contributed by atoms with Crippen LogP contribution in [0.4, 0.5) is 0 Å². The number of ether oxygens (including phenoxy) is 1. The highest BCUT2D eigenvalue weighted by Gasteiger charge is 2.35. The summed E-state index contributed by atoms with van der Waals surface area (Å²) in [6.07, 6.45) is 1.73. The number of para-hydroxylation sites is 1. The molecule has 1 aromatic heterocycles. The topological polar surface area (TPSA) is 68.5 Å². The van der Waals surface area contributed by atoms with Crippen molar-refractivity contribution in [3.63, 3.8) is 0 Å². The van der Waals surface area contributed by atoms with Crippen molar-refractivity contribution in [1.82, 2.24) is 15.0 Å². The Balaban J connectivity index is 1.83. The van der Waals surface area contributed by atoms with Crippen LogP contribution in [0.2, 0.25) is 0 Å². The largest absolute Gasteiger partial charge is 0.488 e. The molecule has 6 nitrogen and oxygen atoms in total. The van der Waals surface area contributed by atoms with Crippen LogP contribution in [0.5, 0.6) is 5.75 Å². The molecule has 0 spiro atoms. The lowest BCUT2D eigenvalue weighted by atomic mass is 10.1. The molecule has 1 amide bonds. The van der Waals surface area contributed by atoms with Crippen molar-refractivity contribution >= 4 is 5.91 Å². The van der Waals surface area contributed by atoms with Crippen molar-refractivity contribution in [2.24, 2.45) is 0 Å². The lowest BCUT2D eigenvalue weighted by Gasteiger charge is -2.23. The normalized spacial score (nSPS) is 16.9. The maximum Gasteiger partial charge on any atom is 0.258 e. The summed E-state index contributed by atoms with van der Waals surface area (Å²) in [4.78, 5) is 19.5. The molecule has 138 valence electrons. The summed E-state index contributed by atoms with van der Waals surface area (Å²) in [6.45, 7) is 10.8. The van der Waals surface area contributed by atoms with Crippen LogP contribution in [-0.2, 0) is 0 Å². The van der Waals surface area contributed by atoms with Gasteiger partial charge in [0.2, 0.25) is 5.89 Å². The summed E-state index contributed by atoms with van der Waals surface area (Å²) in [6, 6.07) is 7.12. The van der Waals surface area contributed by atoms with Gasteiger partial charge in [-0.05, 0) is 37.5 Å². The predicted molar refractivity (Wildman–Crippen MR) is 98.1 cm³/mol. The third-order valence-electron chi connectivity index (χ3n) is 4.36. The SMILES string of the molecule is C=C(C)COc1ccccc1C(=O)N1CCC[C@H]1c1nc(C(C)C)no1. The van der Waals surface area contributed by atoms with Crippen molar-refractivity contribution in [2.75, 3.05) is 13.2 Å². The zero-order chi connectivity index (χ0) is 18.7. The first-order chi connectivity index (χ1) is 12.5. The third-order valence-corrected chi connectivity index (χ3v) is 4.36. The Morgan fingerprint density at radius 1 is 1.42 bits per heavy atom. The van der Waals surface area contributed by atoms with Gasteiger partial charge in [0.05, 0.1) is 5.56 Å². The Labute approximate surface area is 153 Å². The number of aromatic nitrogens is 2. The Morgan fingerprint density at radius 2 is 2.19 bits per heavy atom. The zero-order valence-corrected chi connectivity index (χ0v) is 15.6. The quantitative estimate of drug-likeness (QED) is 0.729. The lowest BCUT2D eigenvalue weighted by molar-refractivity contribution is 0.0706. The number of likely N-dealkylation sites (tertiary alicyclic amines) is 1. The van der Waals surface area contributed by atoms with Gasteiger partial charge in [0.1, 0.15) is 18.4 Å². The van der Waals surface area contributed by atoms with Crippen molar-refractivity contribution in [3.05, 3.63) is 53.7 Å². The first-order valence-corrected chi connectivity index (χ1v) is 8.98. The van der Waals surface area contributed by atoms with Crippen LogP contribution < -0.4 is 4.74 Å². The van der Waals surface area contributed by atoms with Gasteiger partial charge in [-0.3, -0.25) is 4.79 Å². The van der Waals surface area contributed by atoms with Crippen LogP contribution in [-0.4, -0.2) is 34.1 Å². The second-order valence-corrected chi connectivity index (χ2v) is 7.04. The van der Waals surface area contributed by atoms with Gasteiger partial charge in [0.25, 0.3) is 5.91 Å². The van der Waals surface area contributed by atoms with E-state index in [0.29, 0.717) is 36.2 Å². The van der Waals surface area contributed by atoms with E-state index < -0.39 is 0 Å². The first kappa shape index (κ1) is 18.2. The Hall–Kier alpha value is -2.63. The van der Waals surface area contributed by atoms with E-state index in [-0.39, 0.29) is 17.9 Å². The third kappa shape index (κ3) is 3.79.